The average molecular weight is 383 g/mol. The maximum Gasteiger partial charge on any atom is 0.243 e. The molecule has 0 saturated carbocycles. The van der Waals surface area contributed by atoms with E-state index in [2.05, 4.69) is 16.3 Å². The van der Waals surface area contributed by atoms with Crippen LogP contribution < -0.4 is 15.0 Å². The van der Waals surface area contributed by atoms with Crippen molar-refractivity contribution < 1.29 is 16.7 Å². The van der Waals surface area contributed by atoms with Crippen molar-refractivity contribution in [1.29, 1.82) is 0 Å². The highest BCUT2D eigenvalue weighted by Gasteiger charge is 2.44. The van der Waals surface area contributed by atoms with Gasteiger partial charge in [-0.15, -0.1) is 0 Å². The van der Waals surface area contributed by atoms with E-state index >= 15 is 0 Å². The van der Waals surface area contributed by atoms with Crippen LogP contribution in [0.4, 0.5) is 15.8 Å². The smallest absolute Gasteiger partial charge is 0.243 e. The molecule has 1 saturated heterocycles. The summed E-state index contributed by atoms with van der Waals surface area (Å²) in [4.78, 5) is 16.5. The molecule has 0 aliphatic carbocycles. The van der Waals surface area contributed by atoms with Crippen LogP contribution in [0.3, 0.4) is 0 Å². The van der Waals surface area contributed by atoms with E-state index in [1.165, 1.54) is 12.1 Å². The van der Waals surface area contributed by atoms with Crippen LogP contribution in [0.2, 0.25) is 0 Å². The van der Waals surface area contributed by atoms with Gasteiger partial charge in [0.15, 0.2) is 0 Å². The number of anilines is 2. The number of carbonyl (C=O) groups excluding carboxylic acids is 1. The zero-order valence-electron chi connectivity index (χ0n) is 17.5. The molecule has 28 heavy (non-hydrogen) atoms. The van der Waals surface area contributed by atoms with Gasteiger partial charge in [0.1, 0.15) is 11.6 Å². The summed E-state index contributed by atoms with van der Waals surface area (Å²) in [5, 5.41) is 2.73. The molecule has 0 aromatic heterocycles. The summed E-state index contributed by atoms with van der Waals surface area (Å²) in [6.07, 6.45) is 1.66. The second-order valence-electron chi connectivity index (χ2n) is 7.60. The zero-order valence-corrected chi connectivity index (χ0v) is 15.5. The van der Waals surface area contributed by atoms with E-state index in [0.29, 0.717) is 18.0 Å². The summed E-state index contributed by atoms with van der Waals surface area (Å²) >= 11 is 0. The van der Waals surface area contributed by atoms with Gasteiger partial charge in [0.05, 0.1) is 27.2 Å². The van der Waals surface area contributed by atoms with E-state index in [9.17, 15) is 9.18 Å². The van der Waals surface area contributed by atoms with Gasteiger partial charge in [0.2, 0.25) is 5.91 Å². The number of likely N-dealkylation sites (tertiary alicyclic amines) is 1. The van der Waals surface area contributed by atoms with E-state index in [0.717, 1.165) is 43.7 Å². The third kappa shape index (κ3) is 3.11. The minimum absolute atomic E-state index is 0.00563. The van der Waals surface area contributed by atoms with Crippen molar-refractivity contribution in [2.24, 2.45) is 0 Å². The molecule has 5 rings (SSSR count). The van der Waals surface area contributed by atoms with Crippen molar-refractivity contribution in [3.63, 3.8) is 0 Å². The Balaban J connectivity index is 1.25. The topological polar surface area (TPSA) is 44.8 Å². The number of rotatable bonds is 5. The highest BCUT2D eigenvalue weighted by molar-refractivity contribution is 6.03. The van der Waals surface area contributed by atoms with Crippen LogP contribution in [0.5, 0.6) is 5.75 Å². The fraction of sp³-hybridized carbons (Fsp3) is 0.409. The Hall–Kier alpha value is -2.60. The number of nitrogens with one attached hydrogen (secondary N) is 1. The molecule has 1 fully saturated rings. The average Bonchev–Trinajstić information content (AvgIpc) is 3.07. The van der Waals surface area contributed by atoms with Crippen molar-refractivity contribution in [3.05, 3.63) is 53.8 Å². The summed E-state index contributed by atoms with van der Waals surface area (Å²) in [5.74, 6) is -0.0204. The molecule has 5 nitrogen and oxygen atoms in total. The van der Waals surface area contributed by atoms with Crippen LogP contribution >= 0.6 is 0 Å². The summed E-state index contributed by atoms with van der Waals surface area (Å²) in [7, 11) is 0. The number of ether oxygens (including phenoxy) is 1. The number of hydrogen-bond acceptors (Lipinski definition) is 4. The summed E-state index contributed by atoms with van der Waals surface area (Å²) in [5.41, 5.74) is 2.67. The van der Waals surface area contributed by atoms with Crippen molar-refractivity contribution in [3.8, 4) is 5.75 Å². The normalized spacial score (nSPS) is 26.0. The molecule has 2 aromatic rings. The first-order valence-electron chi connectivity index (χ1n) is 10.8. The molecule has 3 aliphatic rings. The number of carbonyl (C=O) groups is 1. The first-order chi connectivity index (χ1) is 14.4. The quantitative estimate of drug-likeness (QED) is 0.806. The Morgan fingerprint density at radius 2 is 2.11 bits per heavy atom. The first kappa shape index (κ1) is 15.3. The van der Waals surface area contributed by atoms with Crippen LogP contribution in [0, 0.1) is 5.82 Å². The van der Waals surface area contributed by atoms with Gasteiger partial charge in [0.25, 0.3) is 0 Å². The monoisotopic (exact) mass is 383 g/mol. The van der Waals surface area contributed by atoms with Crippen molar-refractivity contribution in [2.75, 3.05) is 43.0 Å². The SMILES string of the molecule is [2H]C1([2H])C(=O)Nc2cccc3c2N1[C@H]1CCN(CCCOc2ccc(F)cc2)C[C@@H]31. The molecule has 0 spiro atoms. The Morgan fingerprint density at radius 3 is 2.96 bits per heavy atom. The van der Waals surface area contributed by atoms with Gasteiger partial charge in [-0.05, 0) is 48.7 Å². The van der Waals surface area contributed by atoms with Crippen LogP contribution in [0.15, 0.2) is 42.5 Å². The predicted molar refractivity (Wildman–Crippen MR) is 107 cm³/mol. The fourth-order valence-electron chi connectivity index (χ4n) is 4.63. The molecule has 0 bridgehead atoms. The second kappa shape index (κ2) is 7.09. The number of amides is 1. The van der Waals surface area contributed by atoms with E-state index in [1.807, 2.05) is 12.1 Å². The van der Waals surface area contributed by atoms with E-state index in [1.54, 1.807) is 17.0 Å². The molecule has 3 aliphatic heterocycles. The minimum Gasteiger partial charge on any atom is -0.494 e. The van der Waals surface area contributed by atoms with Crippen molar-refractivity contribution in [2.45, 2.75) is 24.8 Å². The number of piperidine rings is 1. The summed E-state index contributed by atoms with van der Waals surface area (Å²) < 4.78 is 35.4. The Labute approximate surface area is 166 Å². The molecule has 1 amide bonds. The third-order valence-electron chi connectivity index (χ3n) is 5.87. The molecule has 1 N–H and O–H groups in total. The largest absolute Gasteiger partial charge is 0.494 e. The molecule has 2 aromatic carbocycles. The number of hydrogen-bond donors (Lipinski definition) is 1. The lowest BCUT2D eigenvalue weighted by Crippen LogP contribution is -2.49. The maximum atomic E-state index is 13.0. The van der Waals surface area contributed by atoms with Gasteiger partial charge >= 0.3 is 0 Å². The van der Waals surface area contributed by atoms with Crippen LogP contribution in [0.1, 0.15) is 27.1 Å². The molecular weight excluding hydrogens is 357 g/mol. The van der Waals surface area contributed by atoms with Crippen LogP contribution in [-0.4, -0.2) is 49.6 Å². The second-order valence-corrected chi connectivity index (χ2v) is 7.60. The number of halogens is 1. The maximum absolute atomic E-state index is 13.0. The Morgan fingerprint density at radius 1 is 1.25 bits per heavy atom. The number of fused-ring (bicyclic) bond motifs is 3. The Bertz CT molecular complexity index is 969. The molecule has 146 valence electrons. The molecule has 0 unspecified atom stereocenters. The first-order valence-corrected chi connectivity index (χ1v) is 9.79. The van der Waals surface area contributed by atoms with Gasteiger partial charge in [-0.2, -0.15) is 0 Å². The van der Waals surface area contributed by atoms with Crippen LogP contribution in [-0.2, 0) is 4.79 Å². The Kier molecular flexibility index (Phi) is 3.89. The molecule has 6 heteroatoms. The number of benzene rings is 2. The van der Waals surface area contributed by atoms with Gasteiger partial charge in [0, 0.05) is 31.6 Å². The van der Waals surface area contributed by atoms with Gasteiger partial charge in [-0.3, -0.25) is 4.79 Å². The van der Waals surface area contributed by atoms with Gasteiger partial charge < -0.3 is 19.9 Å². The predicted octanol–water partition coefficient (Wildman–Crippen LogP) is 3.22. The molecular formula is C22H24FN3O2. The van der Waals surface area contributed by atoms with E-state index < -0.39 is 12.4 Å². The highest BCUT2D eigenvalue weighted by Crippen LogP contribution is 2.49. The molecule has 3 heterocycles. The van der Waals surface area contributed by atoms with E-state index in [4.69, 9.17) is 7.48 Å². The van der Waals surface area contributed by atoms with Crippen molar-refractivity contribution >= 4 is 17.3 Å². The zero-order chi connectivity index (χ0) is 20.9. The minimum atomic E-state index is -2.03. The number of nitrogens with zero attached hydrogens (tertiary/aromatic N) is 2. The summed E-state index contributed by atoms with van der Waals surface area (Å²) in [6.45, 7) is 1.09. The van der Waals surface area contributed by atoms with Crippen LogP contribution in [0.25, 0.3) is 0 Å². The van der Waals surface area contributed by atoms with Crippen molar-refractivity contribution in [1.82, 2.24) is 4.90 Å². The third-order valence-corrected chi connectivity index (χ3v) is 5.87. The number of para-hydroxylation sites is 1. The molecule has 2 atom stereocenters. The lowest BCUT2D eigenvalue weighted by molar-refractivity contribution is -0.115. The van der Waals surface area contributed by atoms with Gasteiger partial charge in [-0.25, -0.2) is 4.39 Å². The molecule has 0 radical (unpaired) electrons. The highest BCUT2D eigenvalue weighted by atomic mass is 19.1. The lowest BCUT2D eigenvalue weighted by Gasteiger charge is -2.39. The summed E-state index contributed by atoms with van der Waals surface area (Å²) in [6, 6.07) is 11.9. The lowest BCUT2D eigenvalue weighted by atomic mass is 9.89. The van der Waals surface area contributed by atoms with E-state index in [-0.39, 0.29) is 17.8 Å². The standard InChI is InChI=1S/C22H24FN3O2/c23-15-5-7-16(8-6-15)28-12-2-10-25-11-9-20-18(13-25)17-3-1-4-19-22(17)26(20)14-21(27)24-19/h1,3-8,18,20H,2,9-14H2,(H,24,27)/t18-,20-/m0/s1/i14D2. The van der Waals surface area contributed by atoms with Gasteiger partial charge in [-0.1, -0.05) is 12.1 Å². The fourth-order valence-corrected chi connectivity index (χ4v) is 4.63.